The van der Waals surface area contributed by atoms with E-state index in [4.69, 9.17) is 16.3 Å². The van der Waals surface area contributed by atoms with Crippen LogP contribution in [0.1, 0.15) is 43.4 Å². The van der Waals surface area contributed by atoms with Gasteiger partial charge in [0.15, 0.2) is 0 Å². The first-order chi connectivity index (χ1) is 10.6. The second kappa shape index (κ2) is 7.97. The fraction of sp³-hybridized carbons (Fsp3) is 0.750. The number of methoxy groups -OCH3 is 1. The number of ether oxygens (including phenoxy) is 1. The first kappa shape index (κ1) is 17.3. The Bertz CT molecular complexity index is 504. The minimum Gasteiger partial charge on any atom is -0.379 e. The van der Waals surface area contributed by atoms with Gasteiger partial charge in [-0.1, -0.05) is 19.3 Å². The van der Waals surface area contributed by atoms with Gasteiger partial charge in [-0.15, -0.1) is 11.6 Å². The molecule has 5 nitrogen and oxygen atoms in total. The molecule has 6 heteroatoms. The highest BCUT2D eigenvalue weighted by Gasteiger charge is 2.32. The highest BCUT2D eigenvalue weighted by atomic mass is 35.5. The van der Waals surface area contributed by atoms with Crippen molar-refractivity contribution < 1.29 is 9.53 Å². The Balaban J connectivity index is 2.24. The normalized spacial score (nSPS) is 22.4. The van der Waals surface area contributed by atoms with Gasteiger partial charge in [-0.3, -0.25) is 9.48 Å². The first-order valence-electron chi connectivity index (χ1n) is 7.94. The van der Waals surface area contributed by atoms with Crippen LogP contribution in [-0.2, 0) is 23.1 Å². The molecule has 0 unspecified atom stereocenters. The molecule has 1 aromatic heterocycles. The van der Waals surface area contributed by atoms with E-state index in [9.17, 15) is 4.79 Å². The van der Waals surface area contributed by atoms with Gasteiger partial charge in [0.1, 0.15) is 5.88 Å². The molecule has 1 aromatic rings. The van der Waals surface area contributed by atoms with Crippen molar-refractivity contribution in [2.24, 2.45) is 7.05 Å². The molecule has 0 N–H and O–H groups in total. The predicted molar refractivity (Wildman–Crippen MR) is 86.9 cm³/mol. The number of nitrogens with zero attached hydrogens (tertiary/aromatic N) is 3. The van der Waals surface area contributed by atoms with Gasteiger partial charge >= 0.3 is 0 Å². The average molecular weight is 328 g/mol. The van der Waals surface area contributed by atoms with Crippen molar-refractivity contribution >= 4 is 17.5 Å². The van der Waals surface area contributed by atoms with Crippen LogP contribution < -0.4 is 0 Å². The number of hydrogen-bond acceptors (Lipinski definition) is 3. The molecule has 2 rings (SSSR count). The van der Waals surface area contributed by atoms with Gasteiger partial charge in [0.25, 0.3) is 0 Å². The molecule has 1 amide bonds. The third-order valence-electron chi connectivity index (χ3n) is 4.49. The molecular weight excluding hydrogens is 302 g/mol. The van der Waals surface area contributed by atoms with Gasteiger partial charge in [-0.25, -0.2) is 0 Å². The fourth-order valence-electron chi connectivity index (χ4n) is 3.32. The lowest BCUT2D eigenvalue weighted by molar-refractivity contribution is -0.135. The van der Waals surface area contributed by atoms with E-state index in [-0.39, 0.29) is 23.9 Å². The summed E-state index contributed by atoms with van der Waals surface area (Å²) in [6.07, 6.45) is 7.49. The minimum absolute atomic E-state index is 0.00118. The van der Waals surface area contributed by atoms with Crippen LogP contribution >= 0.6 is 11.6 Å². The molecule has 1 aliphatic rings. The van der Waals surface area contributed by atoms with E-state index < -0.39 is 0 Å². The number of alkyl halides is 1. The van der Waals surface area contributed by atoms with E-state index in [1.54, 1.807) is 11.8 Å². The van der Waals surface area contributed by atoms with Crippen molar-refractivity contribution in [1.82, 2.24) is 14.7 Å². The van der Waals surface area contributed by atoms with Crippen molar-refractivity contribution in [3.05, 3.63) is 17.5 Å². The maximum atomic E-state index is 12.4. The Morgan fingerprint density at radius 3 is 2.77 bits per heavy atom. The van der Waals surface area contributed by atoms with Gasteiger partial charge in [-0.05, 0) is 25.3 Å². The van der Waals surface area contributed by atoms with Gasteiger partial charge in [0.2, 0.25) is 5.91 Å². The van der Waals surface area contributed by atoms with Gasteiger partial charge in [0, 0.05) is 20.4 Å². The molecule has 0 bridgehead atoms. The van der Waals surface area contributed by atoms with Gasteiger partial charge < -0.3 is 9.64 Å². The number of aryl methyl sites for hydroxylation is 2. The maximum absolute atomic E-state index is 12.4. The van der Waals surface area contributed by atoms with E-state index >= 15 is 0 Å². The summed E-state index contributed by atoms with van der Waals surface area (Å²) in [6.45, 7) is 2.52. The highest BCUT2D eigenvalue weighted by molar-refractivity contribution is 6.27. The molecule has 0 radical (unpaired) electrons. The summed E-state index contributed by atoms with van der Waals surface area (Å²) in [5.74, 6) is -0.0422. The second-order valence-electron chi connectivity index (χ2n) is 6.07. The molecule has 1 saturated carbocycles. The molecule has 0 aromatic carbocycles. The summed E-state index contributed by atoms with van der Waals surface area (Å²) in [7, 11) is 3.63. The third-order valence-corrected chi connectivity index (χ3v) is 4.72. The third kappa shape index (κ3) is 4.02. The number of carbonyl (C=O) groups is 1. The Kier molecular flexibility index (Phi) is 6.26. The van der Waals surface area contributed by atoms with Gasteiger partial charge in [0.05, 0.1) is 24.4 Å². The number of amides is 1. The molecule has 22 heavy (non-hydrogen) atoms. The van der Waals surface area contributed by atoms with Crippen LogP contribution in [0.3, 0.4) is 0 Å². The zero-order valence-electron chi connectivity index (χ0n) is 13.7. The minimum atomic E-state index is -0.0410. The van der Waals surface area contributed by atoms with Crippen LogP contribution in [0.2, 0.25) is 0 Å². The van der Waals surface area contributed by atoms with Crippen LogP contribution in [0.15, 0.2) is 6.20 Å². The molecule has 124 valence electrons. The zero-order chi connectivity index (χ0) is 16.1. The quantitative estimate of drug-likeness (QED) is 0.617. The lowest BCUT2D eigenvalue weighted by atomic mass is 10.0. The summed E-state index contributed by atoms with van der Waals surface area (Å²) in [5.41, 5.74) is 2.03. The van der Waals surface area contributed by atoms with E-state index in [0.717, 1.165) is 36.9 Å². The standard InChI is InChI=1S/C16H26ClN3O2/c1-12-10-19(2)18-13(12)11-20(16(21)9-17)14-7-5-4-6-8-15(14)22-3/h10,14-15H,4-9,11H2,1-3H3/t14-,15-/m1/s1. The number of hydrogen-bond donors (Lipinski definition) is 0. The Morgan fingerprint density at radius 1 is 1.45 bits per heavy atom. The Labute approximate surface area is 137 Å². The predicted octanol–water partition coefficient (Wildman–Crippen LogP) is 2.64. The Morgan fingerprint density at radius 2 is 2.18 bits per heavy atom. The largest absolute Gasteiger partial charge is 0.379 e. The van der Waals surface area contributed by atoms with Crippen molar-refractivity contribution in [2.75, 3.05) is 13.0 Å². The van der Waals surface area contributed by atoms with Crippen LogP contribution in [0.25, 0.3) is 0 Å². The van der Waals surface area contributed by atoms with Crippen LogP contribution in [0, 0.1) is 6.92 Å². The summed E-state index contributed by atoms with van der Waals surface area (Å²) in [6, 6.07) is 0.0835. The van der Waals surface area contributed by atoms with E-state index in [2.05, 4.69) is 5.10 Å². The lowest BCUT2D eigenvalue weighted by Gasteiger charge is -2.35. The molecule has 0 aliphatic heterocycles. The number of halogens is 1. The van der Waals surface area contributed by atoms with E-state index in [0.29, 0.717) is 6.54 Å². The molecule has 1 fully saturated rings. The van der Waals surface area contributed by atoms with Crippen LogP contribution in [0.5, 0.6) is 0 Å². The molecule has 2 atom stereocenters. The smallest absolute Gasteiger partial charge is 0.238 e. The fourth-order valence-corrected chi connectivity index (χ4v) is 3.48. The van der Waals surface area contributed by atoms with Crippen molar-refractivity contribution in [1.29, 1.82) is 0 Å². The second-order valence-corrected chi connectivity index (χ2v) is 6.33. The first-order valence-corrected chi connectivity index (χ1v) is 8.47. The molecular formula is C16H26ClN3O2. The van der Waals surface area contributed by atoms with Crippen molar-refractivity contribution in [3.8, 4) is 0 Å². The molecule has 1 heterocycles. The maximum Gasteiger partial charge on any atom is 0.238 e. The summed E-state index contributed by atoms with van der Waals surface area (Å²) in [4.78, 5) is 14.3. The zero-order valence-corrected chi connectivity index (χ0v) is 14.5. The van der Waals surface area contributed by atoms with E-state index in [1.807, 2.05) is 25.1 Å². The SMILES string of the molecule is CO[C@@H]1CCCCC[C@H]1N(Cc1nn(C)cc1C)C(=O)CCl. The van der Waals surface area contributed by atoms with Crippen LogP contribution in [0.4, 0.5) is 0 Å². The summed E-state index contributed by atoms with van der Waals surface area (Å²) in [5, 5.41) is 4.47. The van der Waals surface area contributed by atoms with Gasteiger partial charge in [-0.2, -0.15) is 5.10 Å². The lowest BCUT2D eigenvalue weighted by Crippen LogP contribution is -2.47. The highest BCUT2D eigenvalue weighted by Crippen LogP contribution is 2.26. The number of carbonyl (C=O) groups excluding carboxylic acids is 1. The molecule has 1 aliphatic carbocycles. The number of aromatic nitrogens is 2. The van der Waals surface area contributed by atoms with Crippen molar-refractivity contribution in [2.45, 2.75) is 57.7 Å². The number of rotatable bonds is 5. The Hall–Kier alpha value is -1.07. The topological polar surface area (TPSA) is 47.4 Å². The summed E-state index contributed by atoms with van der Waals surface area (Å²) >= 11 is 5.85. The van der Waals surface area contributed by atoms with Crippen molar-refractivity contribution in [3.63, 3.8) is 0 Å². The average Bonchev–Trinajstić information content (AvgIpc) is 2.70. The molecule has 0 spiro atoms. The molecule has 0 saturated heterocycles. The summed E-state index contributed by atoms with van der Waals surface area (Å²) < 4.78 is 7.46. The monoisotopic (exact) mass is 327 g/mol. The van der Waals surface area contributed by atoms with E-state index in [1.165, 1.54) is 6.42 Å². The van der Waals surface area contributed by atoms with Crippen LogP contribution in [-0.4, -0.2) is 45.7 Å².